The van der Waals surface area contributed by atoms with E-state index in [9.17, 15) is 10.2 Å². The number of hydrogen-bond acceptors (Lipinski definition) is 5. The third-order valence-corrected chi connectivity index (χ3v) is 1.90. The van der Waals surface area contributed by atoms with Crippen LogP contribution < -0.4 is 0 Å². The summed E-state index contributed by atoms with van der Waals surface area (Å²) < 4.78 is 10.3. The van der Waals surface area contributed by atoms with E-state index < -0.39 is 24.6 Å². The van der Waals surface area contributed by atoms with Crippen LogP contribution in [-0.4, -0.2) is 52.6 Å². The predicted molar refractivity (Wildman–Crippen MR) is 44.0 cm³/mol. The van der Waals surface area contributed by atoms with Crippen molar-refractivity contribution in [2.75, 3.05) is 6.61 Å². The van der Waals surface area contributed by atoms with Gasteiger partial charge in [0.15, 0.2) is 6.29 Å². The van der Waals surface area contributed by atoms with Crippen molar-refractivity contribution in [3.63, 3.8) is 0 Å². The Morgan fingerprint density at radius 2 is 1.92 bits per heavy atom. The molecule has 0 aliphatic carbocycles. The third-order valence-electron chi connectivity index (χ3n) is 1.90. The zero-order valence-electron chi connectivity index (χ0n) is 7.75. The van der Waals surface area contributed by atoms with E-state index in [4.69, 9.17) is 14.6 Å². The molecule has 5 heteroatoms. The second kappa shape index (κ2) is 4.34. The fourth-order valence-electron chi connectivity index (χ4n) is 1.25. The summed E-state index contributed by atoms with van der Waals surface area (Å²) in [6.45, 7) is 3.28. The lowest BCUT2D eigenvalue weighted by atomic mass is 10.1. The molecule has 13 heavy (non-hydrogen) atoms. The van der Waals surface area contributed by atoms with Crippen LogP contribution in [0.15, 0.2) is 0 Å². The van der Waals surface area contributed by atoms with Gasteiger partial charge in [-0.15, -0.1) is 0 Å². The van der Waals surface area contributed by atoms with E-state index in [-0.39, 0.29) is 12.7 Å². The Morgan fingerprint density at radius 3 is 2.31 bits per heavy atom. The summed E-state index contributed by atoms with van der Waals surface area (Å²) in [5.41, 5.74) is 0. The fraction of sp³-hybridized carbons (Fsp3) is 1.00. The second-order valence-electron chi connectivity index (χ2n) is 3.39. The van der Waals surface area contributed by atoms with Crippen LogP contribution in [0.25, 0.3) is 0 Å². The molecule has 1 aliphatic heterocycles. The maximum atomic E-state index is 9.40. The van der Waals surface area contributed by atoms with Crippen LogP contribution in [-0.2, 0) is 9.47 Å². The molecule has 0 spiro atoms. The van der Waals surface area contributed by atoms with Gasteiger partial charge >= 0.3 is 0 Å². The Kier molecular flexibility index (Phi) is 3.63. The molecule has 1 saturated heterocycles. The van der Waals surface area contributed by atoms with Crippen molar-refractivity contribution in [1.82, 2.24) is 0 Å². The lowest BCUT2D eigenvalue weighted by molar-refractivity contribution is -0.186. The number of ether oxygens (including phenoxy) is 2. The van der Waals surface area contributed by atoms with E-state index in [1.165, 1.54) is 0 Å². The summed E-state index contributed by atoms with van der Waals surface area (Å²) in [6.07, 6.45) is -3.84. The Bertz CT molecular complexity index is 161. The van der Waals surface area contributed by atoms with E-state index in [1.807, 2.05) is 0 Å². The van der Waals surface area contributed by atoms with E-state index in [2.05, 4.69) is 0 Å². The standard InChI is InChI=1S/C8H16O5/c1-4(2)12-8-7(11)6(10)5(3-9)13-8/h4-11H,3H2,1-2H3/t5-,6+,7-,8+/m1/s1. The quantitative estimate of drug-likeness (QED) is 0.526. The molecule has 1 fully saturated rings. The summed E-state index contributed by atoms with van der Waals surface area (Å²) >= 11 is 0. The molecule has 5 nitrogen and oxygen atoms in total. The Hall–Kier alpha value is -0.200. The van der Waals surface area contributed by atoms with Crippen molar-refractivity contribution in [1.29, 1.82) is 0 Å². The molecule has 1 heterocycles. The molecule has 4 atom stereocenters. The van der Waals surface area contributed by atoms with E-state index in [0.29, 0.717) is 0 Å². The molecule has 78 valence electrons. The van der Waals surface area contributed by atoms with Gasteiger partial charge in [0, 0.05) is 0 Å². The number of aliphatic hydroxyl groups excluding tert-OH is 3. The molecule has 0 aromatic carbocycles. The van der Waals surface area contributed by atoms with Crippen LogP contribution in [0.5, 0.6) is 0 Å². The van der Waals surface area contributed by atoms with Crippen molar-refractivity contribution < 1.29 is 24.8 Å². The first-order valence-corrected chi connectivity index (χ1v) is 4.34. The van der Waals surface area contributed by atoms with Crippen LogP contribution in [0.1, 0.15) is 13.8 Å². The van der Waals surface area contributed by atoms with Crippen LogP contribution in [0.3, 0.4) is 0 Å². The average Bonchev–Trinajstić information content (AvgIpc) is 2.32. The highest BCUT2D eigenvalue weighted by atomic mass is 16.7. The highest BCUT2D eigenvalue weighted by molar-refractivity contribution is 4.86. The lowest BCUT2D eigenvalue weighted by Gasteiger charge is -2.17. The average molecular weight is 192 g/mol. The van der Waals surface area contributed by atoms with Gasteiger partial charge in [0.25, 0.3) is 0 Å². The first-order valence-electron chi connectivity index (χ1n) is 4.34. The molecule has 0 unspecified atom stereocenters. The van der Waals surface area contributed by atoms with Crippen LogP contribution in [0.2, 0.25) is 0 Å². The number of rotatable bonds is 3. The van der Waals surface area contributed by atoms with Crippen LogP contribution in [0, 0.1) is 0 Å². The normalized spacial score (nSPS) is 40.2. The minimum atomic E-state index is -1.08. The fourth-order valence-corrected chi connectivity index (χ4v) is 1.25. The van der Waals surface area contributed by atoms with Gasteiger partial charge in [0.1, 0.15) is 18.3 Å². The Balaban J connectivity index is 2.50. The molecule has 0 radical (unpaired) electrons. The SMILES string of the molecule is CC(C)O[C@H]1O[C@H](CO)[C@H](O)[C@H]1O. The van der Waals surface area contributed by atoms with Gasteiger partial charge in [-0.2, -0.15) is 0 Å². The zero-order chi connectivity index (χ0) is 10.0. The topological polar surface area (TPSA) is 79.2 Å². The van der Waals surface area contributed by atoms with Gasteiger partial charge in [-0.05, 0) is 13.8 Å². The predicted octanol–water partition coefficient (Wildman–Crippen LogP) is -1.15. The molecule has 0 amide bonds. The van der Waals surface area contributed by atoms with Crippen LogP contribution >= 0.6 is 0 Å². The maximum Gasteiger partial charge on any atom is 0.186 e. The van der Waals surface area contributed by atoms with E-state index >= 15 is 0 Å². The first-order chi connectivity index (χ1) is 6.06. The van der Waals surface area contributed by atoms with Gasteiger partial charge in [0.05, 0.1) is 12.7 Å². The minimum absolute atomic E-state index is 0.0932. The van der Waals surface area contributed by atoms with E-state index in [1.54, 1.807) is 13.8 Å². The molecule has 0 saturated carbocycles. The third kappa shape index (κ3) is 2.38. The number of aliphatic hydroxyl groups is 3. The highest BCUT2D eigenvalue weighted by Crippen LogP contribution is 2.22. The lowest BCUT2D eigenvalue weighted by Crippen LogP contribution is -2.35. The minimum Gasteiger partial charge on any atom is -0.394 e. The molecule has 0 aromatic rings. The van der Waals surface area contributed by atoms with Crippen molar-refractivity contribution >= 4 is 0 Å². The van der Waals surface area contributed by atoms with Gasteiger partial charge in [-0.3, -0.25) is 0 Å². The second-order valence-corrected chi connectivity index (χ2v) is 3.39. The highest BCUT2D eigenvalue weighted by Gasteiger charge is 2.43. The Labute approximate surface area is 76.9 Å². The maximum absolute atomic E-state index is 9.40. The van der Waals surface area contributed by atoms with Crippen molar-refractivity contribution in [2.24, 2.45) is 0 Å². The summed E-state index contributed by atoms with van der Waals surface area (Å²) in [6, 6.07) is 0. The summed E-state index contributed by atoms with van der Waals surface area (Å²) in [4.78, 5) is 0. The molecule has 0 aromatic heterocycles. The molecular weight excluding hydrogens is 176 g/mol. The molecular formula is C8H16O5. The van der Waals surface area contributed by atoms with Gasteiger partial charge in [-0.1, -0.05) is 0 Å². The van der Waals surface area contributed by atoms with Gasteiger partial charge < -0.3 is 24.8 Å². The number of hydrogen-bond donors (Lipinski definition) is 3. The summed E-state index contributed by atoms with van der Waals surface area (Å²) in [7, 11) is 0. The monoisotopic (exact) mass is 192 g/mol. The molecule has 1 aliphatic rings. The summed E-state index contributed by atoms with van der Waals surface area (Å²) in [5.74, 6) is 0. The zero-order valence-corrected chi connectivity index (χ0v) is 7.75. The molecule has 3 N–H and O–H groups in total. The van der Waals surface area contributed by atoms with E-state index in [0.717, 1.165) is 0 Å². The first kappa shape index (κ1) is 10.9. The molecule has 0 bridgehead atoms. The summed E-state index contributed by atoms with van der Waals surface area (Å²) in [5, 5.41) is 27.5. The molecule has 1 rings (SSSR count). The van der Waals surface area contributed by atoms with Crippen molar-refractivity contribution in [2.45, 2.75) is 44.6 Å². The Morgan fingerprint density at radius 1 is 1.31 bits per heavy atom. The van der Waals surface area contributed by atoms with Crippen molar-refractivity contribution in [3.8, 4) is 0 Å². The largest absolute Gasteiger partial charge is 0.394 e. The van der Waals surface area contributed by atoms with Gasteiger partial charge in [-0.25, -0.2) is 0 Å². The van der Waals surface area contributed by atoms with Crippen molar-refractivity contribution in [3.05, 3.63) is 0 Å². The smallest absolute Gasteiger partial charge is 0.186 e. The van der Waals surface area contributed by atoms with Gasteiger partial charge in [0.2, 0.25) is 0 Å². The van der Waals surface area contributed by atoms with Crippen LogP contribution in [0.4, 0.5) is 0 Å².